The zero-order valence-electron chi connectivity index (χ0n) is 29.2. The lowest BCUT2D eigenvalue weighted by molar-refractivity contribution is 1.28. The summed E-state index contributed by atoms with van der Waals surface area (Å²) in [5.41, 5.74) is 10.8. The number of hydrogen-bond donors (Lipinski definition) is 0. The van der Waals surface area contributed by atoms with Crippen LogP contribution in [0.4, 0.5) is 17.1 Å². The Kier molecular flexibility index (Phi) is 7.55. The second kappa shape index (κ2) is 13.0. The van der Waals surface area contributed by atoms with Crippen LogP contribution in [0.1, 0.15) is 0 Å². The Labute approximate surface area is 309 Å². The van der Waals surface area contributed by atoms with Crippen molar-refractivity contribution >= 4 is 60.2 Å². The van der Waals surface area contributed by atoms with E-state index in [0.717, 1.165) is 17.1 Å². The van der Waals surface area contributed by atoms with Crippen LogP contribution in [-0.2, 0) is 0 Å². The third-order valence-corrected chi connectivity index (χ3v) is 10.6. The van der Waals surface area contributed by atoms with Gasteiger partial charge >= 0.3 is 0 Å². The maximum Gasteiger partial charge on any atom is 0.0462 e. The first-order chi connectivity index (χ1) is 26.2. The molecule has 0 atom stereocenters. The van der Waals surface area contributed by atoms with Gasteiger partial charge < -0.3 is 4.90 Å². The monoisotopic (exact) mass is 673 g/mol. The Morgan fingerprint density at radius 2 is 0.604 bits per heavy atom. The molecule has 0 N–H and O–H groups in total. The van der Waals surface area contributed by atoms with Crippen LogP contribution in [0, 0.1) is 0 Å². The molecular formula is C52H35N. The number of para-hydroxylation sites is 2. The van der Waals surface area contributed by atoms with Gasteiger partial charge in [-0.2, -0.15) is 0 Å². The van der Waals surface area contributed by atoms with Crippen molar-refractivity contribution in [3.05, 3.63) is 212 Å². The summed E-state index contributed by atoms with van der Waals surface area (Å²) in [5.74, 6) is 0. The molecular weight excluding hydrogens is 639 g/mol. The Hall–Kier alpha value is -6.96. The van der Waals surface area contributed by atoms with E-state index in [2.05, 4.69) is 217 Å². The predicted molar refractivity (Wildman–Crippen MR) is 227 cm³/mol. The second-order valence-corrected chi connectivity index (χ2v) is 13.8. The number of nitrogens with zero attached hydrogens (tertiary/aromatic N) is 1. The SMILES string of the molecule is c1ccc(N(c2ccccc2)c2ccc(-c3ccc(-c4ccc5cc6cc(-c7c8ccccc8cc8ccccc78)ccc6cc5c4)cc3)cc2)cc1. The van der Waals surface area contributed by atoms with Crippen LogP contribution in [0.5, 0.6) is 0 Å². The summed E-state index contributed by atoms with van der Waals surface area (Å²) in [6, 6.07) is 77.1. The molecule has 10 aromatic rings. The average Bonchev–Trinajstić information content (AvgIpc) is 3.23. The third kappa shape index (κ3) is 5.69. The highest BCUT2D eigenvalue weighted by molar-refractivity contribution is 6.14. The van der Waals surface area contributed by atoms with Crippen molar-refractivity contribution in [2.75, 3.05) is 4.90 Å². The van der Waals surface area contributed by atoms with E-state index in [1.165, 1.54) is 76.5 Å². The van der Waals surface area contributed by atoms with Gasteiger partial charge in [0.25, 0.3) is 0 Å². The molecule has 1 nitrogen and oxygen atoms in total. The van der Waals surface area contributed by atoms with Gasteiger partial charge in [0.15, 0.2) is 0 Å². The normalized spacial score (nSPS) is 11.4. The van der Waals surface area contributed by atoms with Crippen LogP contribution in [0.2, 0.25) is 0 Å². The average molecular weight is 674 g/mol. The van der Waals surface area contributed by atoms with Gasteiger partial charge in [0.2, 0.25) is 0 Å². The van der Waals surface area contributed by atoms with E-state index < -0.39 is 0 Å². The van der Waals surface area contributed by atoms with Crippen molar-refractivity contribution in [1.82, 2.24) is 0 Å². The molecule has 0 saturated heterocycles. The smallest absolute Gasteiger partial charge is 0.0462 e. The molecule has 0 aromatic heterocycles. The molecule has 0 amide bonds. The molecule has 0 aliphatic carbocycles. The van der Waals surface area contributed by atoms with Gasteiger partial charge in [-0.1, -0.05) is 146 Å². The minimum absolute atomic E-state index is 1.13. The van der Waals surface area contributed by atoms with Crippen molar-refractivity contribution in [3.63, 3.8) is 0 Å². The van der Waals surface area contributed by atoms with E-state index in [9.17, 15) is 0 Å². The van der Waals surface area contributed by atoms with Crippen molar-refractivity contribution in [2.45, 2.75) is 0 Å². The van der Waals surface area contributed by atoms with Crippen LogP contribution >= 0.6 is 0 Å². The Morgan fingerprint density at radius 1 is 0.226 bits per heavy atom. The molecule has 1 heteroatoms. The highest BCUT2D eigenvalue weighted by atomic mass is 15.1. The van der Waals surface area contributed by atoms with Gasteiger partial charge in [0.1, 0.15) is 0 Å². The third-order valence-electron chi connectivity index (χ3n) is 10.6. The largest absolute Gasteiger partial charge is 0.311 e. The summed E-state index contributed by atoms with van der Waals surface area (Å²) in [5, 5.41) is 10.1. The Morgan fingerprint density at radius 3 is 1.15 bits per heavy atom. The minimum atomic E-state index is 1.13. The van der Waals surface area contributed by atoms with E-state index in [4.69, 9.17) is 0 Å². The lowest BCUT2D eigenvalue weighted by atomic mass is 9.90. The number of benzene rings is 10. The summed E-state index contributed by atoms with van der Waals surface area (Å²) in [4.78, 5) is 2.29. The van der Waals surface area contributed by atoms with Gasteiger partial charge in [-0.3, -0.25) is 0 Å². The fourth-order valence-corrected chi connectivity index (χ4v) is 7.92. The molecule has 0 heterocycles. The first-order valence-electron chi connectivity index (χ1n) is 18.2. The maximum absolute atomic E-state index is 2.36. The first kappa shape index (κ1) is 30.8. The summed E-state index contributed by atoms with van der Waals surface area (Å²) >= 11 is 0. The first-order valence-corrected chi connectivity index (χ1v) is 18.2. The number of rotatable bonds is 6. The molecule has 0 unspecified atom stereocenters. The van der Waals surface area contributed by atoms with Crippen molar-refractivity contribution in [1.29, 1.82) is 0 Å². The van der Waals surface area contributed by atoms with E-state index in [-0.39, 0.29) is 0 Å². The van der Waals surface area contributed by atoms with Gasteiger partial charge in [-0.25, -0.2) is 0 Å². The van der Waals surface area contributed by atoms with E-state index >= 15 is 0 Å². The van der Waals surface area contributed by atoms with Crippen molar-refractivity contribution < 1.29 is 0 Å². The van der Waals surface area contributed by atoms with E-state index in [1.54, 1.807) is 0 Å². The Bertz CT molecular complexity index is 2820. The van der Waals surface area contributed by atoms with Crippen LogP contribution < -0.4 is 4.90 Å². The fourth-order valence-electron chi connectivity index (χ4n) is 7.92. The molecule has 10 aromatic carbocycles. The maximum atomic E-state index is 2.36. The minimum Gasteiger partial charge on any atom is -0.311 e. The topological polar surface area (TPSA) is 3.24 Å². The van der Waals surface area contributed by atoms with Crippen molar-refractivity contribution in [2.24, 2.45) is 0 Å². The summed E-state index contributed by atoms with van der Waals surface area (Å²) in [6.45, 7) is 0. The summed E-state index contributed by atoms with van der Waals surface area (Å²) in [6.07, 6.45) is 0. The highest BCUT2D eigenvalue weighted by Crippen LogP contribution is 2.39. The lowest BCUT2D eigenvalue weighted by Gasteiger charge is -2.25. The molecule has 0 aliphatic rings. The molecule has 0 radical (unpaired) electrons. The number of anilines is 3. The van der Waals surface area contributed by atoms with Gasteiger partial charge in [0.05, 0.1) is 0 Å². The summed E-state index contributed by atoms with van der Waals surface area (Å²) < 4.78 is 0. The van der Waals surface area contributed by atoms with Crippen LogP contribution in [0.15, 0.2) is 212 Å². The second-order valence-electron chi connectivity index (χ2n) is 13.8. The standard InChI is InChI=1S/C52H35N/c1-3-13-47(14-4-1)53(48-15-5-2-6-16-48)49-29-27-37(28-30-49)36-19-21-38(22-20-36)39-23-24-40-33-46-35-44(26-25-41(46)32-45(40)31-39)52-50-17-9-7-11-42(50)34-43-12-8-10-18-51(43)52/h1-35H. The zero-order valence-corrected chi connectivity index (χ0v) is 29.2. The van der Waals surface area contributed by atoms with Gasteiger partial charge in [-0.15, -0.1) is 0 Å². The molecule has 0 spiro atoms. The van der Waals surface area contributed by atoms with Crippen LogP contribution in [-0.4, -0.2) is 0 Å². The molecule has 0 aliphatic heterocycles. The molecule has 53 heavy (non-hydrogen) atoms. The molecule has 0 bridgehead atoms. The quantitative estimate of drug-likeness (QED) is 0.159. The molecule has 10 rings (SSSR count). The molecule has 248 valence electrons. The Balaban J connectivity index is 0.946. The highest BCUT2D eigenvalue weighted by Gasteiger charge is 2.13. The molecule has 0 saturated carbocycles. The summed E-state index contributed by atoms with van der Waals surface area (Å²) in [7, 11) is 0. The molecule has 0 fully saturated rings. The number of hydrogen-bond acceptors (Lipinski definition) is 1. The fraction of sp³-hybridized carbons (Fsp3) is 0. The van der Waals surface area contributed by atoms with Crippen molar-refractivity contribution in [3.8, 4) is 33.4 Å². The zero-order chi connectivity index (χ0) is 35.1. The lowest BCUT2D eigenvalue weighted by Crippen LogP contribution is -2.09. The van der Waals surface area contributed by atoms with Gasteiger partial charge in [-0.05, 0) is 143 Å². The van der Waals surface area contributed by atoms with E-state index in [0.29, 0.717) is 0 Å². The van der Waals surface area contributed by atoms with Crippen LogP contribution in [0.3, 0.4) is 0 Å². The van der Waals surface area contributed by atoms with E-state index in [1.807, 2.05) is 0 Å². The predicted octanol–water partition coefficient (Wildman–Crippen LogP) is 14.8. The van der Waals surface area contributed by atoms with Gasteiger partial charge in [0, 0.05) is 17.1 Å². The number of fused-ring (bicyclic) bond motifs is 4. The van der Waals surface area contributed by atoms with Crippen LogP contribution in [0.25, 0.3) is 76.5 Å².